The SMILES string of the molecule is CCC(C)CC(CBr)(CBr)Cc1ccccc1. The van der Waals surface area contributed by atoms with Crippen molar-refractivity contribution in [2.45, 2.75) is 33.1 Å². The molecule has 1 unspecified atom stereocenters. The second kappa shape index (κ2) is 7.58. The fourth-order valence-electron chi connectivity index (χ4n) is 2.22. The maximum Gasteiger partial charge on any atom is 0.00992 e. The van der Waals surface area contributed by atoms with Crippen molar-refractivity contribution in [1.29, 1.82) is 0 Å². The molecule has 1 atom stereocenters. The summed E-state index contributed by atoms with van der Waals surface area (Å²) in [5.41, 5.74) is 1.78. The lowest BCUT2D eigenvalue weighted by atomic mass is 9.78. The standard InChI is InChI=1S/C15H22Br2/c1-3-13(2)9-15(11-16,12-17)10-14-7-5-4-6-8-14/h4-8,13H,3,9-12H2,1-2H3. The molecule has 0 bridgehead atoms. The second-order valence-electron chi connectivity index (χ2n) is 5.15. The minimum atomic E-state index is 0.344. The molecular weight excluding hydrogens is 340 g/mol. The lowest BCUT2D eigenvalue weighted by Gasteiger charge is -2.33. The van der Waals surface area contributed by atoms with Gasteiger partial charge in [-0.1, -0.05) is 82.5 Å². The van der Waals surface area contributed by atoms with Gasteiger partial charge in [-0.05, 0) is 29.7 Å². The van der Waals surface area contributed by atoms with Crippen LogP contribution in [-0.4, -0.2) is 10.7 Å². The van der Waals surface area contributed by atoms with E-state index in [2.05, 4.69) is 76.0 Å². The van der Waals surface area contributed by atoms with E-state index in [1.165, 1.54) is 18.4 Å². The first-order valence-corrected chi connectivity index (χ1v) is 8.56. The van der Waals surface area contributed by atoms with E-state index in [1.807, 2.05) is 0 Å². The number of halogens is 2. The summed E-state index contributed by atoms with van der Waals surface area (Å²) in [5.74, 6) is 0.786. The largest absolute Gasteiger partial charge is 0.0922 e. The number of rotatable bonds is 7. The van der Waals surface area contributed by atoms with Crippen LogP contribution >= 0.6 is 31.9 Å². The van der Waals surface area contributed by atoms with E-state index in [0.717, 1.165) is 23.0 Å². The molecule has 1 aromatic carbocycles. The van der Waals surface area contributed by atoms with Gasteiger partial charge in [0.15, 0.2) is 0 Å². The number of benzene rings is 1. The summed E-state index contributed by atoms with van der Waals surface area (Å²) in [6.07, 6.45) is 3.68. The molecule has 0 fully saturated rings. The Hall–Kier alpha value is 0.180. The Morgan fingerprint density at radius 1 is 1.12 bits per heavy atom. The van der Waals surface area contributed by atoms with Crippen LogP contribution in [0.1, 0.15) is 32.3 Å². The van der Waals surface area contributed by atoms with Crippen LogP contribution in [0.15, 0.2) is 30.3 Å². The lowest BCUT2D eigenvalue weighted by molar-refractivity contribution is 0.288. The first-order chi connectivity index (χ1) is 8.15. The molecule has 96 valence electrons. The Morgan fingerprint density at radius 3 is 2.18 bits per heavy atom. The zero-order valence-electron chi connectivity index (χ0n) is 10.8. The lowest BCUT2D eigenvalue weighted by Crippen LogP contribution is -2.30. The van der Waals surface area contributed by atoms with Crippen molar-refractivity contribution in [1.82, 2.24) is 0 Å². The van der Waals surface area contributed by atoms with Crippen LogP contribution in [0.2, 0.25) is 0 Å². The smallest absolute Gasteiger partial charge is 0.00992 e. The number of hydrogen-bond donors (Lipinski definition) is 0. The molecule has 0 nitrogen and oxygen atoms in total. The molecule has 0 aromatic heterocycles. The van der Waals surface area contributed by atoms with Gasteiger partial charge in [-0.25, -0.2) is 0 Å². The Morgan fingerprint density at radius 2 is 1.71 bits per heavy atom. The van der Waals surface area contributed by atoms with E-state index in [4.69, 9.17) is 0 Å². The summed E-state index contributed by atoms with van der Waals surface area (Å²) in [4.78, 5) is 0. The quantitative estimate of drug-likeness (QED) is 0.567. The second-order valence-corrected chi connectivity index (χ2v) is 6.27. The molecular formula is C15H22Br2. The summed E-state index contributed by atoms with van der Waals surface area (Å²) in [5, 5.41) is 2.12. The van der Waals surface area contributed by atoms with Crippen LogP contribution in [-0.2, 0) is 6.42 Å². The van der Waals surface area contributed by atoms with Crippen LogP contribution in [0.3, 0.4) is 0 Å². The van der Waals surface area contributed by atoms with Gasteiger partial charge in [-0.3, -0.25) is 0 Å². The molecule has 17 heavy (non-hydrogen) atoms. The van der Waals surface area contributed by atoms with Crippen LogP contribution in [0.4, 0.5) is 0 Å². The van der Waals surface area contributed by atoms with Gasteiger partial charge in [0.05, 0.1) is 0 Å². The van der Waals surface area contributed by atoms with Gasteiger partial charge < -0.3 is 0 Å². The predicted molar refractivity (Wildman–Crippen MR) is 84.2 cm³/mol. The summed E-state index contributed by atoms with van der Waals surface area (Å²) in [7, 11) is 0. The minimum absolute atomic E-state index is 0.344. The molecule has 1 aromatic rings. The van der Waals surface area contributed by atoms with E-state index in [9.17, 15) is 0 Å². The van der Waals surface area contributed by atoms with Crippen LogP contribution in [0.25, 0.3) is 0 Å². The Kier molecular flexibility index (Phi) is 6.79. The molecule has 0 amide bonds. The average Bonchev–Trinajstić information content (AvgIpc) is 2.39. The van der Waals surface area contributed by atoms with E-state index >= 15 is 0 Å². The molecule has 0 saturated heterocycles. The average molecular weight is 362 g/mol. The van der Waals surface area contributed by atoms with Crippen LogP contribution in [0.5, 0.6) is 0 Å². The zero-order chi connectivity index (χ0) is 12.7. The molecule has 0 heterocycles. The highest BCUT2D eigenvalue weighted by Gasteiger charge is 2.29. The van der Waals surface area contributed by atoms with E-state index in [1.54, 1.807) is 0 Å². The predicted octanol–water partition coefficient (Wildman–Crippen LogP) is 5.44. The highest BCUT2D eigenvalue weighted by atomic mass is 79.9. The van der Waals surface area contributed by atoms with E-state index in [-0.39, 0.29) is 0 Å². The third kappa shape index (κ3) is 4.75. The van der Waals surface area contributed by atoms with Crippen molar-refractivity contribution in [2.24, 2.45) is 11.3 Å². The number of hydrogen-bond acceptors (Lipinski definition) is 0. The third-order valence-electron chi connectivity index (χ3n) is 3.47. The normalized spacial score (nSPS) is 13.6. The van der Waals surface area contributed by atoms with Crippen LogP contribution < -0.4 is 0 Å². The fraction of sp³-hybridized carbons (Fsp3) is 0.600. The van der Waals surface area contributed by atoms with Gasteiger partial charge >= 0.3 is 0 Å². The van der Waals surface area contributed by atoms with Gasteiger partial charge in [-0.2, -0.15) is 0 Å². The van der Waals surface area contributed by atoms with Crippen molar-refractivity contribution in [2.75, 3.05) is 10.7 Å². The molecule has 1 rings (SSSR count). The third-order valence-corrected chi connectivity index (χ3v) is 5.85. The summed E-state index contributed by atoms with van der Waals surface area (Å²) >= 11 is 7.44. The first kappa shape index (κ1) is 15.2. The van der Waals surface area contributed by atoms with Gasteiger partial charge in [0.1, 0.15) is 0 Å². The van der Waals surface area contributed by atoms with E-state index in [0.29, 0.717) is 5.41 Å². The highest BCUT2D eigenvalue weighted by molar-refractivity contribution is 9.09. The maximum absolute atomic E-state index is 3.72. The maximum atomic E-state index is 3.72. The summed E-state index contributed by atoms with van der Waals surface area (Å²) < 4.78 is 0. The van der Waals surface area contributed by atoms with Crippen molar-refractivity contribution in [3.05, 3.63) is 35.9 Å². The molecule has 0 aliphatic carbocycles. The molecule has 2 heteroatoms. The molecule has 0 saturated carbocycles. The Labute approximate surface area is 122 Å². The highest BCUT2D eigenvalue weighted by Crippen LogP contribution is 2.35. The fourth-order valence-corrected chi connectivity index (χ4v) is 4.01. The number of alkyl halides is 2. The molecule has 0 aliphatic rings. The van der Waals surface area contributed by atoms with Crippen molar-refractivity contribution in [3.63, 3.8) is 0 Å². The molecule has 0 aliphatic heterocycles. The summed E-state index contributed by atoms with van der Waals surface area (Å²) in [6.45, 7) is 4.63. The van der Waals surface area contributed by atoms with Crippen molar-refractivity contribution in [3.8, 4) is 0 Å². The monoisotopic (exact) mass is 360 g/mol. The Bertz CT molecular complexity index is 304. The topological polar surface area (TPSA) is 0 Å². The first-order valence-electron chi connectivity index (χ1n) is 6.31. The molecule has 0 spiro atoms. The van der Waals surface area contributed by atoms with Gasteiger partial charge in [0, 0.05) is 10.7 Å². The van der Waals surface area contributed by atoms with Gasteiger partial charge in [0.25, 0.3) is 0 Å². The minimum Gasteiger partial charge on any atom is -0.0922 e. The van der Waals surface area contributed by atoms with Crippen molar-refractivity contribution >= 4 is 31.9 Å². The van der Waals surface area contributed by atoms with Crippen LogP contribution in [0, 0.1) is 11.3 Å². The zero-order valence-corrected chi connectivity index (χ0v) is 13.9. The molecule has 0 N–H and O–H groups in total. The van der Waals surface area contributed by atoms with E-state index < -0.39 is 0 Å². The Balaban J connectivity index is 2.77. The van der Waals surface area contributed by atoms with Gasteiger partial charge in [0.2, 0.25) is 0 Å². The van der Waals surface area contributed by atoms with Crippen molar-refractivity contribution < 1.29 is 0 Å². The van der Waals surface area contributed by atoms with Gasteiger partial charge in [-0.15, -0.1) is 0 Å². The molecule has 0 radical (unpaired) electrons. The summed E-state index contributed by atoms with van der Waals surface area (Å²) in [6, 6.07) is 10.8.